The number of primary amides is 1. The summed E-state index contributed by atoms with van der Waals surface area (Å²) in [6, 6.07) is -0.192. The molecule has 0 unspecified atom stereocenters. The van der Waals surface area contributed by atoms with Gasteiger partial charge in [-0.15, -0.1) is 12.4 Å². The molecule has 4 nitrogen and oxygen atoms in total. The molecule has 0 saturated carbocycles. The predicted molar refractivity (Wildman–Crippen MR) is 38.7 cm³/mol. The molecule has 0 aromatic heterocycles. The summed E-state index contributed by atoms with van der Waals surface area (Å²) in [7, 11) is 0. The van der Waals surface area contributed by atoms with Crippen molar-refractivity contribution in [2.75, 3.05) is 13.2 Å². The second-order valence-electron chi connectivity index (χ2n) is 2.21. The minimum Gasteiger partial charge on any atom is -0.379 e. The quantitative estimate of drug-likeness (QED) is 0.517. The fourth-order valence-corrected chi connectivity index (χ4v) is 0.864. The lowest BCUT2D eigenvalue weighted by atomic mass is 10.1. The zero-order valence-electron chi connectivity index (χ0n) is 5.45. The van der Waals surface area contributed by atoms with Crippen LogP contribution in [0.5, 0.6) is 0 Å². The van der Waals surface area contributed by atoms with Gasteiger partial charge in [-0.1, -0.05) is 0 Å². The lowest BCUT2D eigenvalue weighted by Gasteiger charge is -2.06. The number of amides is 1. The molecule has 1 amide bonds. The van der Waals surface area contributed by atoms with E-state index < -0.39 is 0 Å². The minimum absolute atomic E-state index is 0. The summed E-state index contributed by atoms with van der Waals surface area (Å²) in [5, 5.41) is 0. The fourth-order valence-electron chi connectivity index (χ4n) is 0.864. The van der Waals surface area contributed by atoms with E-state index in [1.165, 1.54) is 0 Å². The van der Waals surface area contributed by atoms with Crippen LogP contribution in [0.1, 0.15) is 0 Å². The van der Waals surface area contributed by atoms with Crippen LogP contribution in [0.4, 0.5) is 0 Å². The highest BCUT2D eigenvalue weighted by molar-refractivity contribution is 5.85. The maximum absolute atomic E-state index is 10.5. The van der Waals surface area contributed by atoms with E-state index in [0.717, 1.165) is 0 Å². The van der Waals surface area contributed by atoms with E-state index in [9.17, 15) is 4.79 Å². The first-order chi connectivity index (χ1) is 4.22. The molecule has 1 aliphatic heterocycles. The van der Waals surface area contributed by atoms with Crippen LogP contribution in [-0.2, 0) is 9.53 Å². The fraction of sp³-hybridized carbons (Fsp3) is 0.800. The topological polar surface area (TPSA) is 78.3 Å². The molecular weight excluding hydrogens is 156 g/mol. The van der Waals surface area contributed by atoms with Gasteiger partial charge in [-0.3, -0.25) is 4.79 Å². The molecule has 1 fully saturated rings. The highest BCUT2D eigenvalue weighted by Crippen LogP contribution is 2.09. The third-order valence-corrected chi connectivity index (χ3v) is 1.49. The van der Waals surface area contributed by atoms with Crippen molar-refractivity contribution in [3.63, 3.8) is 0 Å². The molecule has 1 heterocycles. The van der Waals surface area contributed by atoms with E-state index in [2.05, 4.69) is 0 Å². The smallest absolute Gasteiger partial charge is 0.224 e. The molecule has 10 heavy (non-hydrogen) atoms. The van der Waals surface area contributed by atoms with Gasteiger partial charge in [0, 0.05) is 6.04 Å². The molecule has 0 bridgehead atoms. The van der Waals surface area contributed by atoms with Crippen molar-refractivity contribution in [1.29, 1.82) is 0 Å². The van der Waals surface area contributed by atoms with Crippen molar-refractivity contribution in [3.8, 4) is 0 Å². The van der Waals surface area contributed by atoms with E-state index in [1.54, 1.807) is 0 Å². The second kappa shape index (κ2) is 3.75. The Bertz CT molecular complexity index is 131. The summed E-state index contributed by atoms with van der Waals surface area (Å²) in [4.78, 5) is 10.5. The Morgan fingerprint density at radius 3 is 2.30 bits per heavy atom. The normalized spacial score (nSPS) is 31.3. The van der Waals surface area contributed by atoms with E-state index in [-0.39, 0.29) is 30.3 Å². The third kappa shape index (κ3) is 1.83. The molecule has 0 aromatic carbocycles. The molecule has 1 rings (SSSR count). The second-order valence-corrected chi connectivity index (χ2v) is 2.21. The molecule has 1 saturated heterocycles. The molecule has 0 aromatic rings. The first-order valence-electron chi connectivity index (χ1n) is 2.84. The van der Waals surface area contributed by atoms with Gasteiger partial charge in [-0.05, 0) is 0 Å². The zero-order valence-corrected chi connectivity index (χ0v) is 6.26. The number of ether oxygens (including phenoxy) is 1. The Balaban J connectivity index is 0.000000810. The number of carbonyl (C=O) groups excluding carboxylic acids is 1. The molecule has 1 aliphatic rings. The van der Waals surface area contributed by atoms with Gasteiger partial charge in [0.1, 0.15) is 0 Å². The minimum atomic E-state index is -0.361. The van der Waals surface area contributed by atoms with Gasteiger partial charge in [0.2, 0.25) is 5.91 Å². The van der Waals surface area contributed by atoms with Crippen LogP contribution in [0.25, 0.3) is 0 Å². The molecule has 60 valence electrons. The SMILES string of the molecule is Cl.NC(=O)[C@H]1COC[C@H]1N. The highest BCUT2D eigenvalue weighted by Gasteiger charge is 2.29. The van der Waals surface area contributed by atoms with Crippen LogP contribution >= 0.6 is 12.4 Å². The summed E-state index contributed by atoms with van der Waals surface area (Å²) in [5.74, 6) is -0.634. The largest absolute Gasteiger partial charge is 0.379 e. The van der Waals surface area contributed by atoms with Crippen LogP contribution in [0.15, 0.2) is 0 Å². The van der Waals surface area contributed by atoms with Gasteiger partial charge < -0.3 is 16.2 Å². The number of hydrogen-bond acceptors (Lipinski definition) is 3. The summed E-state index contributed by atoms with van der Waals surface area (Å²) in [5.41, 5.74) is 10.4. The number of hydrogen-bond donors (Lipinski definition) is 2. The van der Waals surface area contributed by atoms with Gasteiger partial charge in [-0.2, -0.15) is 0 Å². The Kier molecular flexibility index (Phi) is 3.63. The third-order valence-electron chi connectivity index (χ3n) is 1.49. The Hall–Kier alpha value is -0.320. The van der Waals surface area contributed by atoms with E-state index in [0.29, 0.717) is 13.2 Å². The van der Waals surface area contributed by atoms with Crippen molar-refractivity contribution >= 4 is 18.3 Å². The van der Waals surface area contributed by atoms with Crippen molar-refractivity contribution < 1.29 is 9.53 Å². The lowest BCUT2D eigenvalue weighted by Crippen LogP contribution is -2.37. The average molecular weight is 167 g/mol. The number of rotatable bonds is 1. The summed E-state index contributed by atoms with van der Waals surface area (Å²) >= 11 is 0. The molecule has 2 atom stereocenters. The number of halogens is 1. The van der Waals surface area contributed by atoms with E-state index >= 15 is 0 Å². The molecule has 0 spiro atoms. The first kappa shape index (κ1) is 9.68. The summed E-state index contributed by atoms with van der Waals surface area (Å²) in [6.45, 7) is 0.837. The average Bonchev–Trinajstić information content (AvgIpc) is 2.13. The summed E-state index contributed by atoms with van der Waals surface area (Å²) < 4.78 is 4.90. The monoisotopic (exact) mass is 166 g/mol. The molecule has 5 heteroatoms. The van der Waals surface area contributed by atoms with E-state index in [4.69, 9.17) is 16.2 Å². The summed E-state index contributed by atoms with van der Waals surface area (Å²) in [6.07, 6.45) is 0. The standard InChI is InChI=1S/C5H10N2O2.ClH/c6-4-2-9-1-3(4)5(7)8;/h3-4H,1-2,6H2,(H2,7,8);1H/t3-,4+;/m0./s1. The van der Waals surface area contributed by atoms with Gasteiger partial charge in [0.25, 0.3) is 0 Å². The van der Waals surface area contributed by atoms with Gasteiger partial charge in [0.05, 0.1) is 19.1 Å². The molecular formula is C5H11ClN2O2. The van der Waals surface area contributed by atoms with Crippen LogP contribution in [0.2, 0.25) is 0 Å². The highest BCUT2D eigenvalue weighted by atomic mass is 35.5. The van der Waals surface area contributed by atoms with Gasteiger partial charge in [0.15, 0.2) is 0 Å². The van der Waals surface area contributed by atoms with Crippen molar-refractivity contribution in [2.45, 2.75) is 6.04 Å². The van der Waals surface area contributed by atoms with Gasteiger partial charge >= 0.3 is 0 Å². The predicted octanol–water partition coefficient (Wildman–Crippen LogP) is -1.13. The van der Waals surface area contributed by atoms with Crippen LogP contribution in [0.3, 0.4) is 0 Å². The Labute approximate surface area is 65.3 Å². The van der Waals surface area contributed by atoms with Crippen LogP contribution in [0, 0.1) is 5.92 Å². The van der Waals surface area contributed by atoms with Crippen LogP contribution < -0.4 is 11.5 Å². The number of nitrogens with two attached hydrogens (primary N) is 2. The molecule has 0 aliphatic carbocycles. The molecule has 0 radical (unpaired) electrons. The number of carbonyl (C=O) groups is 1. The Morgan fingerprint density at radius 2 is 2.10 bits per heavy atom. The van der Waals surface area contributed by atoms with Crippen molar-refractivity contribution in [1.82, 2.24) is 0 Å². The maximum atomic E-state index is 10.5. The lowest BCUT2D eigenvalue weighted by molar-refractivity contribution is -0.121. The Morgan fingerprint density at radius 1 is 1.50 bits per heavy atom. The van der Waals surface area contributed by atoms with Gasteiger partial charge in [-0.25, -0.2) is 0 Å². The zero-order chi connectivity index (χ0) is 6.85. The first-order valence-corrected chi connectivity index (χ1v) is 2.84. The van der Waals surface area contributed by atoms with Crippen LogP contribution in [-0.4, -0.2) is 25.2 Å². The van der Waals surface area contributed by atoms with E-state index in [1.807, 2.05) is 0 Å². The van der Waals surface area contributed by atoms with Crippen molar-refractivity contribution in [2.24, 2.45) is 17.4 Å². The maximum Gasteiger partial charge on any atom is 0.224 e. The van der Waals surface area contributed by atoms with Crippen molar-refractivity contribution in [3.05, 3.63) is 0 Å². The molecule has 4 N–H and O–H groups in total.